The van der Waals surface area contributed by atoms with Crippen LogP contribution in [0, 0.1) is 0 Å². The predicted molar refractivity (Wildman–Crippen MR) is 93.9 cm³/mol. The van der Waals surface area contributed by atoms with E-state index in [0.717, 1.165) is 5.56 Å². The molecule has 1 fully saturated rings. The molecular formula is C18H20N2O3S. The van der Waals surface area contributed by atoms with Crippen molar-refractivity contribution in [2.24, 2.45) is 0 Å². The lowest BCUT2D eigenvalue weighted by Crippen LogP contribution is -2.40. The number of benzene rings is 1. The van der Waals surface area contributed by atoms with Crippen molar-refractivity contribution in [1.29, 1.82) is 0 Å². The van der Waals surface area contributed by atoms with Crippen LogP contribution in [-0.2, 0) is 10.0 Å². The van der Waals surface area contributed by atoms with Gasteiger partial charge in [-0.25, -0.2) is 13.4 Å². The standard InChI is InChI=1S/C18H20N2O3S/c21-24(22,15-11-16-6-2-1-3-7-16)20-13-9-17(10-14-20)23-18-8-4-5-12-19-18/h1-8,11-12,15,17H,9-10,13-14H2/b15-11+. The third kappa shape index (κ3) is 4.43. The summed E-state index contributed by atoms with van der Waals surface area (Å²) < 4.78 is 32.1. The van der Waals surface area contributed by atoms with Crippen LogP contribution in [0.15, 0.2) is 60.1 Å². The summed E-state index contributed by atoms with van der Waals surface area (Å²) in [4.78, 5) is 4.14. The second-order valence-corrected chi connectivity index (χ2v) is 7.46. The zero-order valence-electron chi connectivity index (χ0n) is 13.3. The van der Waals surface area contributed by atoms with Crippen molar-refractivity contribution < 1.29 is 13.2 Å². The minimum atomic E-state index is -3.40. The molecule has 0 amide bonds. The lowest BCUT2D eigenvalue weighted by Gasteiger charge is -2.30. The van der Waals surface area contributed by atoms with Crippen molar-refractivity contribution in [1.82, 2.24) is 9.29 Å². The maximum atomic E-state index is 12.4. The zero-order valence-corrected chi connectivity index (χ0v) is 14.1. The summed E-state index contributed by atoms with van der Waals surface area (Å²) in [7, 11) is -3.40. The molecule has 1 aromatic heterocycles. The van der Waals surface area contributed by atoms with Crippen LogP contribution in [0.4, 0.5) is 0 Å². The predicted octanol–water partition coefficient (Wildman–Crippen LogP) is 2.93. The molecule has 6 heteroatoms. The Balaban J connectivity index is 1.56. The molecule has 5 nitrogen and oxygen atoms in total. The molecule has 2 heterocycles. The first kappa shape index (κ1) is 16.7. The second kappa shape index (κ2) is 7.59. The first-order valence-corrected chi connectivity index (χ1v) is 9.45. The largest absolute Gasteiger partial charge is 0.474 e. The SMILES string of the molecule is O=S(=O)(/C=C/c1ccccc1)N1CCC(Oc2ccccn2)CC1. The van der Waals surface area contributed by atoms with E-state index in [-0.39, 0.29) is 6.10 Å². The van der Waals surface area contributed by atoms with Crippen molar-refractivity contribution in [2.45, 2.75) is 18.9 Å². The van der Waals surface area contributed by atoms with E-state index in [0.29, 0.717) is 31.8 Å². The molecule has 0 atom stereocenters. The van der Waals surface area contributed by atoms with Crippen LogP contribution in [0.25, 0.3) is 6.08 Å². The summed E-state index contributed by atoms with van der Waals surface area (Å²) in [6.45, 7) is 0.915. The Labute approximate surface area is 142 Å². The van der Waals surface area contributed by atoms with Crippen LogP contribution in [0.5, 0.6) is 5.88 Å². The Morgan fingerprint density at radius 3 is 2.42 bits per heavy atom. The van der Waals surface area contributed by atoms with Crippen LogP contribution >= 0.6 is 0 Å². The zero-order chi connectivity index (χ0) is 16.8. The highest BCUT2D eigenvalue weighted by Crippen LogP contribution is 2.20. The maximum Gasteiger partial charge on any atom is 0.236 e. The number of aromatic nitrogens is 1. The molecule has 126 valence electrons. The molecule has 0 bridgehead atoms. The Bertz CT molecular complexity index is 768. The Morgan fingerprint density at radius 1 is 1.04 bits per heavy atom. The third-order valence-electron chi connectivity index (χ3n) is 3.92. The molecule has 1 aliphatic rings. The summed E-state index contributed by atoms with van der Waals surface area (Å²) in [5.74, 6) is 0.586. The van der Waals surface area contributed by atoms with E-state index in [1.807, 2.05) is 48.5 Å². The first-order chi connectivity index (χ1) is 11.6. The van der Waals surface area contributed by atoms with Gasteiger partial charge in [-0.2, -0.15) is 4.31 Å². The van der Waals surface area contributed by atoms with Gasteiger partial charge in [0.15, 0.2) is 0 Å². The monoisotopic (exact) mass is 344 g/mol. The summed E-state index contributed by atoms with van der Waals surface area (Å²) >= 11 is 0. The van der Waals surface area contributed by atoms with E-state index < -0.39 is 10.0 Å². The molecule has 1 aliphatic heterocycles. The van der Waals surface area contributed by atoms with Crippen molar-refractivity contribution in [2.75, 3.05) is 13.1 Å². The van der Waals surface area contributed by atoms with E-state index in [1.54, 1.807) is 12.3 Å². The molecular weight excluding hydrogens is 324 g/mol. The van der Waals surface area contributed by atoms with Crippen molar-refractivity contribution in [3.8, 4) is 5.88 Å². The highest BCUT2D eigenvalue weighted by Gasteiger charge is 2.27. The molecule has 1 saturated heterocycles. The molecule has 24 heavy (non-hydrogen) atoms. The van der Waals surface area contributed by atoms with Gasteiger partial charge in [0, 0.05) is 30.8 Å². The normalized spacial score (nSPS) is 17.2. The summed E-state index contributed by atoms with van der Waals surface area (Å²) in [5, 5.41) is 1.28. The van der Waals surface area contributed by atoms with Gasteiger partial charge in [-0.15, -0.1) is 0 Å². The maximum absolute atomic E-state index is 12.4. The Hall–Kier alpha value is -2.18. The van der Waals surface area contributed by atoms with Gasteiger partial charge in [0.25, 0.3) is 0 Å². The lowest BCUT2D eigenvalue weighted by atomic mass is 10.1. The molecule has 3 rings (SSSR count). The highest BCUT2D eigenvalue weighted by atomic mass is 32.2. The number of hydrogen-bond acceptors (Lipinski definition) is 4. The average Bonchev–Trinajstić information content (AvgIpc) is 2.62. The number of hydrogen-bond donors (Lipinski definition) is 0. The van der Waals surface area contributed by atoms with Crippen LogP contribution in [0.3, 0.4) is 0 Å². The summed E-state index contributed by atoms with van der Waals surface area (Å²) in [5.41, 5.74) is 0.870. The fourth-order valence-electron chi connectivity index (χ4n) is 2.61. The van der Waals surface area contributed by atoms with Gasteiger partial charge >= 0.3 is 0 Å². The van der Waals surface area contributed by atoms with Gasteiger partial charge in [0.2, 0.25) is 15.9 Å². The van der Waals surface area contributed by atoms with Gasteiger partial charge in [-0.3, -0.25) is 0 Å². The molecule has 0 spiro atoms. The van der Waals surface area contributed by atoms with Crippen molar-refractivity contribution >= 4 is 16.1 Å². The van der Waals surface area contributed by atoms with Crippen molar-refractivity contribution in [3.63, 3.8) is 0 Å². The van der Waals surface area contributed by atoms with Gasteiger partial charge < -0.3 is 4.74 Å². The van der Waals surface area contributed by atoms with Crippen LogP contribution in [0.2, 0.25) is 0 Å². The number of sulfonamides is 1. The van der Waals surface area contributed by atoms with Crippen molar-refractivity contribution in [3.05, 3.63) is 65.7 Å². The van der Waals surface area contributed by atoms with E-state index in [1.165, 1.54) is 9.71 Å². The molecule has 0 saturated carbocycles. The second-order valence-electron chi connectivity index (χ2n) is 5.64. The molecule has 0 radical (unpaired) electrons. The Morgan fingerprint density at radius 2 is 1.75 bits per heavy atom. The summed E-state index contributed by atoms with van der Waals surface area (Å²) in [6.07, 6.45) is 4.64. The fraction of sp³-hybridized carbons (Fsp3) is 0.278. The number of ether oxygens (including phenoxy) is 1. The first-order valence-electron chi connectivity index (χ1n) is 7.94. The highest BCUT2D eigenvalue weighted by molar-refractivity contribution is 7.92. The quantitative estimate of drug-likeness (QED) is 0.837. The van der Waals surface area contributed by atoms with E-state index in [9.17, 15) is 8.42 Å². The van der Waals surface area contributed by atoms with Gasteiger partial charge in [-0.1, -0.05) is 36.4 Å². The van der Waals surface area contributed by atoms with Gasteiger partial charge in [0.1, 0.15) is 6.10 Å². The van der Waals surface area contributed by atoms with Gasteiger partial charge in [-0.05, 0) is 30.5 Å². The third-order valence-corrected chi connectivity index (χ3v) is 5.48. The summed E-state index contributed by atoms with van der Waals surface area (Å²) in [6, 6.07) is 14.9. The average molecular weight is 344 g/mol. The lowest BCUT2D eigenvalue weighted by molar-refractivity contribution is 0.130. The molecule has 1 aromatic carbocycles. The van der Waals surface area contributed by atoms with Crippen LogP contribution in [-0.4, -0.2) is 36.9 Å². The molecule has 2 aromatic rings. The smallest absolute Gasteiger partial charge is 0.236 e. The fourth-order valence-corrected chi connectivity index (χ4v) is 3.83. The molecule has 0 N–H and O–H groups in total. The topological polar surface area (TPSA) is 59.5 Å². The van der Waals surface area contributed by atoms with Crippen LogP contribution < -0.4 is 4.74 Å². The minimum Gasteiger partial charge on any atom is -0.474 e. The number of nitrogens with zero attached hydrogens (tertiary/aromatic N) is 2. The van der Waals surface area contributed by atoms with Gasteiger partial charge in [0.05, 0.1) is 0 Å². The minimum absolute atomic E-state index is 0.00412. The van der Waals surface area contributed by atoms with E-state index in [4.69, 9.17) is 4.74 Å². The molecule has 0 unspecified atom stereocenters. The van der Waals surface area contributed by atoms with E-state index in [2.05, 4.69) is 4.98 Å². The number of pyridine rings is 1. The van der Waals surface area contributed by atoms with E-state index >= 15 is 0 Å². The Kier molecular flexibility index (Phi) is 5.27. The molecule has 0 aliphatic carbocycles. The number of rotatable bonds is 5. The van der Waals surface area contributed by atoms with Crippen LogP contribution in [0.1, 0.15) is 18.4 Å². The number of piperidine rings is 1.